The zero-order valence-corrected chi connectivity index (χ0v) is 12.8. The summed E-state index contributed by atoms with van der Waals surface area (Å²) in [5.74, 6) is 6.20. The molecule has 3 aromatic rings. The third kappa shape index (κ3) is 3.32. The quantitative estimate of drug-likeness (QED) is 0.557. The highest BCUT2D eigenvalue weighted by Gasteiger charge is 2.01. The summed E-state index contributed by atoms with van der Waals surface area (Å²) >= 11 is 3.47. The molecule has 3 N–H and O–H groups in total. The molecule has 5 heteroatoms. The Bertz CT molecular complexity index is 776. The van der Waals surface area contributed by atoms with Gasteiger partial charge >= 0.3 is 0 Å². The molecule has 0 bridgehead atoms. The lowest BCUT2D eigenvalue weighted by atomic mass is 10.1. The van der Waals surface area contributed by atoms with Crippen LogP contribution in [0.1, 0.15) is 5.69 Å². The van der Waals surface area contributed by atoms with Crippen molar-refractivity contribution in [2.45, 2.75) is 6.61 Å². The van der Waals surface area contributed by atoms with Crippen molar-refractivity contribution >= 4 is 32.4 Å². The van der Waals surface area contributed by atoms with Gasteiger partial charge < -0.3 is 10.2 Å². The number of rotatable bonds is 4. The number of hydrazine groups is 1. The summed E-state index contributed by atoms with van der Waals surface area (Å²) in [7, 11) is 0. The molecule has 2 aromatic carbocycles. The van der Waals surface area contributed by atoms with Gasteiger partial charge in [0.1, 0.15) is 12.4 Å². The molecule has 0 amide bonds. The number of nitrogens with two attached hydrogens (primary N) is 1. The highest BCUT2D eigenvalue weighted by Crippen LogP contribution is 2.24. The number of nitrogen functional groups attached to an aromatic ring is 1. The molecule has 0 saturated carbocycles. The number of nitrogens with one attached hydrogen (secondary N) is 1. The first-order valence-electron chi connectivity index (χ1n) is 6.48. The molecule has 0 radical (unpaired) electrons. The van der Waals surface area contributed by atoms with Crippen molar-refractivity contribution in [1.82, 2.24) is 4.98 Å². The summed E-state index contributed by atoms with van der Waals surface area (Å²) in [5.41, 5.74) is 4.23. The van der Waals surface area contributed by atoms with Gasteiger partial charge in [0.15, 0.2) is 0 Å². The van der Waals surface area contributed by atoms with Gasteiger partial charge in [-0.05, 0) is 47.2 Å². The number of fused-ring (bicyclic) bond motifs is 1. The van der Waals surface area contributed by atoms with E-state index >= 15 is 0 Å². The summed E-state index contributed by atoms with van der Waals surface area (Å²) in [6.07, 6.45) is 1.70. The third-order valence-corrected chi connectivity index (χ3v) is 3.64. The number of halogens is 1. The Balaban J connectivity index is 1.77. The maximum atomic E-state index is 5.79. The van der Waals surface area contributed by atoms with Crippen LogP contribution in [0.5, 0.6) is 5.75 Å². The fraction of sp³-hybridized carbons (Fsp3) is 0.0625. The van der Waals surface area contributed by atoms with E-state index in [1.54, 1.807) is 12.3 Å². The second kappa shape index (κ2) is 6.11. The number of hydrogen-bond donors (Lipinski definition) is 2. The Kier molecular flexibility index (Phi) is 4.03. The van der Waals surface area contributed by atoms with Crippen molar-refractivity contribution in [2.24, 2.45) is 5.84 Å². The Hall–Kier alpha value is -2.11. The van der Waals surface area contributed by atoms with Crippen LogP contribution >= 0.6 is 15.9 Å². The summed E-state index contributed by atoms with van der Waals surface area (Å²) in [5, 5.41) is 2.31. The van der Waals surface area contributed by atoms with E-state index in [1.165, 1.54) is 5.39 Å². The minimum atomic E-state index is 0.400. The van der Waals surface area contributed by atoms with Crippen LogP contribution in [0.15, 0.2) is 59.2 Å². The topological polar surface area (TPSA) is 60.2 Å². The first kappa shape index (κ1) is 13.9. The van der Waals surface area contributed by atoms with E-state index in [4.69, 9.17) is 10.6 Å². The van der Waals surface area contributed by atoms with E-state index in [-0.39, 0.29) is 0 Å². The molecular weight excluding hydrogens is 330 g/mol. The molecule has 0 aliphatic heterocycles. The molecular formula is C16H14BrN3O. The Morgan fingerprint density at radius 3 is 2.71 bits per heavy atom. The Labute approximate surface area is 131 Å². The van der Waals surface area contributed by atoms with E-state index in [0.29, 0.717) is 6.61 Å². The minimum absolute atomic E-state index is 0.400. The van der Waals surface area contributed by atoms with Crippen LogP contribution in [-0.4, -0.2) is 4.98 Å². The predicted molar refractivity (Wildman–Crippen MR) is 88.0 cm³/mol. The van der Waals surface area contributed by atoms with Crippen LogP contribution in [0.4, 0.5) is 5.69 Å². The molecule has 0 atom stereocenters. The van der Waals surface area contributed by atoms with E-state index in [9.17, 15) is 0 Å². The number of anilines is 1. The lowest BCUT2D eigenvalue weighted by Gasteiger charge is -2.08. The van der Waals surface area contributed by atoms with Gasteiger partial charge in [-0.2, -0.15) is 0 Å². The SMILES string of the molecule is NNc1ccnc(COc2ccc3cc(Br)ccc3c2)c1. The van der Waals surface area contributed by atoms with Gasteiger partial charge in [-0.25, -0.2) is 0 Å². The average Bonchev–Trinajstić information content (AvgIpc) is 2.53. The first-order valence-corrected chi connectivity index (χ1v) is 7.27. The van der Waals surface area contributed by atoms with Gasteiger partial charge in [0, 0.05) is 10.7 Å². The van der Waals surface area contributed by atoms with Crippen LogP contribution in [0, 0.1) is 0 Å². The van der Waals surface area contributed by atoms with Gasteiger partial charge in [-0.3, -0.25) is 10.8 Å². The minimum Gasteiger partial charge on any atom is -0.487 e. The monoisotopic (exact) mass is 343 g/mol. The molecule has 1 aromatic heterocycles. The molecule has 3 rings (SSSR count). The smallest absolute Gasteiger partial charge is 0.130 e. The van der Waals surface area contributed by atoms with Crippen molar-refractivity contribution in [2.75, 3.05) is 5.43 Å². The number of pyridine rings is 1. The van der Waals surface area contributed by atoms with E-state index in [0.717, 1.165) is 27.0 Å². The Morgan fingerprint density at radius 2 is 1.86 bits per heavy atom. The Morgan fingerprint density at radius 1 is 1.05 bits per heavy atom. The molecule has 1 heterocycles. The number of ether oxygens (including phenoxy) is 1. The van der Waals surface area contributed by atoms with Crippen molar-refractivity contribution in [3.05, 3.63) is 64.9 Å². The van der Waals surface area contributed by atoms with Crippen LogP contribution in [-0.2, 0) is 6.61 Å². The molecule has 4 nitrogen and oxygen atoms in total. The lowest BCUT2D eigenvalue weighted by Crippen LogP contribution is -2.08. The molecule has 0 aliphatic rings. The van der Waals surface area contributed by atoms with Crippen molar-refractivity contribution < 1.29 is 4.74 Å². The fourth-order valence-corrected chi connectivity index (χ4v) is 2.47. The number of benzene rings is 2. The number of hydrogen-bond acceptors (Lipinski definition) is 4. The van der Waals surface area contributed by atoms with Gasteiger partial charge in [0.05, 0.1) is 11.4 Å². The summed E-state index contributed by atoms with van der Waals surface area (Å²) in [6, 6.07) is 15.8. The van der Waals surface area contributed by atoms with Crippen LogP contribution in [0.2, 0.25) is 0 Å². The zero-order valence-electron chi connectivity index (χ0n) is 11.2. The summed E-state index contributed by atoms with van der Waals surface area (Å²) < 4.78 is 6.86. The molecule has 106 valence electrons. The van der Waals surface area contributed by atoms with Crippen molar-refractivity contribution in [1.29, 1.82) is 0 Å². The first-order chi connectivity index (χ1) is 10.2. The van der Waals surface area contributed by atoms with Crippen LogP contribution in [0.3, 0.4) is 0 Å². The molecule has 0 aliphatic carbocycles. The van der Waals surface area contributed by atoms with Crippen LogP contribution < -0.4 is 16.0 Å². The third-order valence-electron chi connectivity index (χ3n) is 3.14. The maximum absolute atomic E-state index is 5.79. The number of aromatic nitrogens is 1. The van der Waals surface area contributed by atoms with E-state index in [2.05, 4.69) is 38.5 Å². The number of nitrogens with zero attached hydrogens (tertiary/aromatic N) is 1. The fourth-order valence-electron chi connectivity index (χ4n) is 2.09. The zero-order chi connectivity index (χ0) is 14.7. The van der Waals surface area contributed by atoms with E-state index in [1.807, 2.05) is 30.3 Å². The second-order valence-electron chi connectivity index (χ2n) is 4.62. The van der Waals surface area contributed by atoms with Crippen molar-refractivity contribution in [3.63, 3.8) is 0 Å². The lowest BCUT2D eigenvalue weighted by molar-refractivity contribution is 0.302. The summed E-state index contributed by atoms with van der Waals surface area (Å²) in [4.78, 5) is 4.25. The van der Waals surface area contributed by atoms with Gasteiger partial charge in [-0.1, -0.05) is 28.1 Å². The average molecular weight is 344 g/mol. The largest absolute Gasteiger partial charge is 0.487 e. The molecule has 0 saturated heterocycles. The highest BCUT2D eigenvalue weighted by atomic mass is 79.9. The van der Waals surface area contributed by atoms with E-state index < -0.39 is 0 Å². The van der Waals surface area contributed by atoms with Gasteiger partial charge in [0.2, 0.25) is 0 Å². The van der Waals surface area contributed by atoms with Gasteiger partial charge in [0.25, 0.3) is 0 Å². The predicted octanol–water partition coefficient (Wildman–Crippen LogP) is 3.86. The maximum Gasteiger partial charge on any atom is 0.130 e. The molecule has 0 unspecified atom stereocenters. The standard InChI is InChI=1S/C16H14BrN3O/c17-13-3-1-12-8-16(4-2-11(12)7-13)21-10-15-9-14(20-18)5-6-19-15/h1-9H,10,18H2,(H,19,20). The normalized spacial score (nSPS) is 10.6. The second-order valence-corrected chi connectivity index (χ2v) is 5.54. The molecule has 21 heavy (non-hydrogen) atoms. The summed E-state index contributed by atoms with van der Waals surface area (Å²) in [6.45, 7) is 0.400. The molecule has 0 fully saturated rings. The highest BCUT2D eigenvalue weighted by molar-refractivity contribution is 9.10. The molecule has 0 spiro atoms. The van der Waals surface area contributed by atoms with Crippen LogP contribution in [0.25, 0.3) is 10.8 Å². The van der Waals surface area contributed by atoms with Gasteiger partial charge in [-0.15, -0.1) is 0 Å². The van der Waals surface area contributed by atoms with Crippen molar-refractivity contribution in [3.8, 4) is 5.75 Å².